The number of anilines is 1. The maximum absolute atomic E-state index is 12.3. The van der Waals surface area contributed by atoms with Gasteiger partial charge in [0.15, 0.2) is 0 Å². The summed E-state index contributed by atoms with van der Waals surface area (Å²) in [7, 11) is -3.77. The molecule has 1 fully saturated rings. The SMILES string of the molecule is CC(=O)CS(=O)(=O)NC1CCCN(C(=O)Nc2ccc(OC(F)(F)F)cc2)C1. The second-order valence-electron chi connectivity index (χ2n) is 6.37. The van der Waals surface area contributed by atoms with Crippen molar-refractivity contribution in [3.05, 3.63) is 24.3 Å². The molecule has 2 rings (SSSR count). The number of alkyl halides is 3. The van der Waals surface area contributed by atoms with Crippen molar-refractivity contribution in [1.29, 1.82) is 0 Å². The molecule has 0 radical (unpaired) electrons. The molecule has 1 atom stereocenters. The zero-order valence-electron chi connectivity index (χ0n) is 15.0. The molecule has 156 valence electrons. The highest BCUT2D eigenvalue weighted by Crippen LogP contribution is 2.24. The van der Waals surface area contributed by atoms with E-state index in [1.165, 1.54) is 24.0 Å². The molecule has 0 aliphatic carbocycles. The van der Waals surface area contributed by atoms with Crippen molar-refractivity contribution in [3.63, 3.8) is 0 Å². The van der Waals surface area contributed by atoms with E-state index in [9.17, 15) is 31.2 Å². The zero-order chi connectivity index (χ0) is 20.9. The van der Waals surface area contributed by atoms with Crippen LogP contribution < -0.4 is 14.8 Å². The van der Waals surface area contributed by atoms with Gasteiger partial charge in [-0.25, -0.2) is 17.9 Å². The molecule has 1 aromatic rings. The van der Waals surface area contributed by atoms with Gasteiger partial charge in [-0.1, -0.05) is 0 Å². The van der Waals surface area contributed by atoms with Gasteiger partial charge in [-0.15, -0.1) is 13.2 Å². The molecule has 2 N–H and O–H groups in total. The van der Waals surface area contributed by atoms with Crippen LogP contribution in [-0.4, -0.2) is 56.4 Å². The van der Waals surface area contributed by atoms with Crippen molar-refractivity contribution >= 4 is 27.5 Å². The number of halogens is 3. The van der Waals surface area contributed by atoms with Gasteiger partial charge in [0, 0.05) is 24.8 Å². The number of rotatable bonds is 6. The third kappa shape index (κ3) is 7.35. The van der Waals surface area contributed by atoms with Crippen LogP contribution in [0.4, 0.5) is 23.7 Å². The largest absolute Gasteiger partial charge is 0.573 e. The van der Waals surface area contributed by atoms with Crippen molar-refractivity contribution < 1.29 is 35.9 Å². The van der Waals surface area contributed by atoms with E-state index in [4.69, 9.17) is 0 Å². The van der Waals surface area contributed by atoms with Gasteiger partial charge >= 0.3 is 12.4 Å². The van der Waals surface area contributed by atoms with Gasteiger partial charge in [-0.2, -0.15) is 0 Å². The minimum Gasteiger partial charge on any atom is -0.406 e. The van der Waals surface area contributed by atoms with Crippen LogP contribution in [0.15, 0.2) is 24.3 Å². The Labute approximate surface area is 160 Å². The summed E-state index contributed by atoms with van der Waals surface area (Å²) >= 11 is 0. The van der Waals surface area contributed by atoms with Crippen LogP contribution in [0, 0.1) is 0 Å². The molecule has 0 aromatic heterocycles. The number of urea groups is 1. The summed E-state index contributed by atoms with van der Waals surface area (Å²) in [5.41, 5.74) is 0.263. The standard InChI is InChI=1S/C16H20F3N3O5S/c1-11(23)10-28(25,26)21-13-3-2-8-22(9-13)15(24)20-12-4-6-14(7-5-12)27-16(17,18)19/h4-7,13,21H,2-3,8-10H2,1H3,(H,20,24). The molecule has 8 nitrogen and oxygen atoms in total. The van der Waals surface area contributed by atoms with E-state index < -0.39 is 45.7 Å². The first-order valence-corrected chi connectivity index (χ1v) is 10.00. The summed E-state index contributed by atoms with van der Waals surface area (Å²) in [5, 5.41) is 2.54. The smallest absolute Gasteiger partial charge is 0.406 e. The fourth-order valence-corrected chi connectivity index (χ4v) is 4.08. The van der Waals surface area contributed by atoms with Gasteiger partial charge in [0.1, 0.15) is 17.3 Å². The molecule has 0 saturated carbocycles. The second kappa shape index (κ2) is 8.78. The number of amides is 2. The number of hydrogen-bond donors (Lipinski definition) is 2. The Hall–Kier alpha value is -2.34. The molecule has 1 aromatic carbocycles. The number of ketones is 1. The zero-order valence-corrected chi connectivity index (χ0v) is 15.8. The first-order valence-electron chi connectivity index (χ1n) is 8.35. The number of Topliss-reactive ketones (excluding diaryl/α,β-unsaturated/α-hetero) is 1. The number of nitrogens with one attached hydrogen (secondary N) is 2. The Balaban J connectivity index is 1.92. The van der Waals surface area contributed by atoms with Crippen molar-refractivity contribution in [2.75, 3.05) is 24.2 Å². The fraction of sp³-hybridized carbons (Fsp3) is 0.500. The Bertz CT molecular complexity index is 812. The molecule has 1 unspecified atom stereocenters. The predicted octanol–water partition coefficient (Wildman–Crippen LogP) is 2.09. The highest BCUT2D eigenvalue weighted by atomic mass is 32.2. The summed E-state index contributed by atoms with van der Waals surface area (Å²) in [6.45, 7) is 1.68. The first kappa shape index (κ1) is 22.0. The lowest BCUT2D eigenvalue weighted by atomic mass is 10.1. The van der Waals surface area contributed by atoms with E-state index in [0.29, 0.717) is 19.4 Å². The molecule has 1 saturated heterocycles. The van der Waals surface area contributed by atoms with E-state index in [-0.39, 0.29) is 12.2 Å². The molecule has 1 aliphatic heterocycles. The minimum atomic E-state index is -4.80. The lowest BCUT2D eigenvalue weighted by Gasteiger charge is -2.33. The Morgan fingerprint density at radius 3 is 2.46 bits per heavy atom. The van der Waals surface area contributed by atoms with Crippen LogP contribution in [0.2, 0.25) is 0 Å². The fourth-order valence-electron chi connectivity index (χ4n) is 2.76. The molecular formula is C16H20F3N3O5S. The molecule has 1 aliphatic rings. The van der Waals surface area contributed by atoms with E-state index >= 15 is 0 Å². The van der Waals surface area contributed by atoms with Crippen LogP contribution >= 0.6 is 0 Å². The molecule has 28 heavy (non-hydrogen) atoms. The summed E-state index contributed by atoms with van der Waals surface area (Å²) in [4.78, 5) is 24.7. The maximum Gasteiger partial charge on any atom is 0.573 e. The lowest BCUT2D eigenvalue weighted by molar-refractivity contribution is -0.274. The normalized spacial score (nSPS) is 17.9. The lowest BCUT2D eigenvalue weighted by Crippen LogP contribution is -2.51. The average molecular weight is 423 g/mol. The number of ether oxygens (including phenoxy) is 1. The molecule has 1 heterocycles. The van der Waals surface area contributed by atoms with E-state index in [1.807, 2.05) is 0 Å². The van der Waals surface area contributed by atoms with Gasteiger partial charge < -0.3 is 15.0 Å². The van der Waals surface area contributed by atoms with Crippen molar-refractivity contribution in [3.8, 4) is 5.75 Å². The minimum absolute atomic E-state index is 0.109. The van der Waals surface area contributed by atoms with Gasteiger partial charge in [-0.05, 0) is 44.0 Å². The Morgan fingerprint density at radius 2 is 1.89 bits per heavy atom. The quantitative estimate of drug-likeness (QED) is 0.729. The number of sulfonamides is 1. The van der Waals surface area contributed by atoms with E-state index in [2.05, 4.69) is 14.8 Å². The number of hydrogen-bond acceptors (Lipinski definition) is 5. The number of piperidine rings is 1. The summed E-state index contributed by atoms with van der Waals surface area (Å²) < 4.78 is 66.4. The number of nitrogens with zero attached hydrogens (tertiary/aromatic N) is 1. The molecule has 0 spiro atoms. The summed E-state index contributed by atoms with van der Waals surface area (Å²) in [6.07, 6.45) is -3.73. The second-order valence-corrected chi connectivity index (χ2v) is 8.12. The number of carbonyl (C=O) groups is 2. The molecule has 12 heteroatoms. The summed E-state index contributed by atoms with van der Waals surface area (Å²) in [6, 6.07) is 3.62. The van der Waals surface area contributed by atoms with Crippen molar-refractivity contribution in [2.45, 2.75) is 32.2 Å². The monoisotopic (exact) mass is 423 g/mol. The maximum atomic E-state index is 12.3. The number of carbonyl (C=O) groups excluding carboxylic acids is 2. The first-order chi connectivity index (χ1) is 12.9. The third-order valence-electron chi connectivity index (χ3n) is 3.79. The number of likely N-dealkylation sites (tertiary alicyclic amines) is 1. The van der Waals surface area contributed by atoms with Crippen molar-refractivity contribution in [1.82, 2.24) is 9.62 Å². The van der Waals surface area contributed by atoms with Gasteiger partial charge in [-0.3, -0.25) is 4.79 Å². The van der Waals surface area contributed by atoms with Gasteiger partial charge in [0.05, 0.1) is 0 Å². The van der Waals surface area contributed by atoms with Crippen LogP contribution in [0.3, 0.4) is 0 Å². The third-order valence-corrected chi connectivity index (χ3v) is 5.27. The molecule has 2 amide bonds. The Kier molecular flexibility index (Phi) is 6.88. The molecule has 0 bridgehead atoms. The molecular weight excluding hydrogens is 403 g/mol. The van der Waals surface area contributed by atoms with Crippen LogP contribution in [0.5, 0.6) is 5.75 Å². The predicted molar refractivity (Wildman–Crippen MR) is 94.3 cm³/mol. The number of benzene rings is 1. The summed E-state index contributed by atoms with van der Waals surface area (Å²) in [5.74, 6) is -1.53. The van der Waals surface area contributed by atoms with Gasteiger partial charge in [0.2, 0.25) is 10.0 Å². The van der Waals surface area contributed by atoms with E-state index in [0.717, 1.165) is 12.1 Å². The highest BCUT2D eigenvalue weighted by molar-refractivity contribution is 7.90. The van der Waals surface area contributed by atoms with Gasteiger partial charge in [0.25, 0.3) is 0 Å². The Morgan fingerprint density at radius 1 is 1.25 bits per heavy atom. The van der Waals surface area contributed by atoms with Crippen molar-refractivity contribution in [2.24, 2.45) is 0 Å². The highest BCUT2D eigenvalue weighted by Gasteiger charge is 2.31. The van der Waals surface area contributed by atoms with Crippen LogP contribution in [0.25, 0.3) is 0 Å². The van der Waals surface area contributed by atoms with E-state index in [1.54, 1.807) is 0 Å². The van der Waals surface area contributed by atoms with Crippen LogP contribution in [-0.2, 0) is 14.8 Å². The topological polar surface area (TPSA) is 105 Å². The van der Waals surface area contributed by atoms with Crippen LogP contribution in [0.1, 0.15) is 19.8 Å². The average Bonchev–Trinajstić information content (AvgIpc) is 2.53.